The van der Waals surface area contributed by atoms with Crippen LogP contribution in [-0.4, -0.2) is 44.4 Å². The average Bonchev–Trinajstić information content (AvgIpc) is 3.00. The predicted octanol–water partition coefficient (Wildman–Crippen LogP) is 0.978. The van der Waals surface area contributed by atoms with E-state index < -0.39 is 50.2 Å². The molecule has 160 valence electrons. The van der Waals surface area contributed by atoms with Crippen LogP contribution in [0.2, 0.25) is 0 Å². The summed E-state index contributed by atoms with van der Waals surface area (Å²) in [5.74, 6) is 0.0930. The summed E-state index contributed by atoms with van der Waals surface area (Å²) in [6.07, 6.45) is -2.82. The van der Waals surface area contributed by atoms with Gasteiger partial charge in [-0.1, -0.05) is 23.3 Å². The largest absolute Gasteiger partial charge is 0.527 e. The van der Waals surface area contributed by atoms with Gasteiger partial charge in [0.25, 0.3) is 5.56 Å². The van der Waals surface area contributed by atoms with Crippen molar-refractivity contribution in [2.75, 3.05) is 6.61 Å². The Morgan fingerprint density at radius 2 is 2.07 bits per heavy atom. The number of aryl methyl sites for hydroxylation is 1. The Morgan fingerprint density at radius 3 is 2.73 bits per heavy atom. The van der Waals surface area contributed by atoms with Gasteiger partial charge >= 0.3 is 13.5 Å². The molecule has 0 radical (unpaired) electrons. The third-order valence-corrected chi connectivity index (χ3v) is 5.23. The monoisotopic (exact) mass is 439 g/mol. The Kier molecular flexibility index (Phi) is 6.42. The van der Waals surface area contributed by atoms with E-state index in [0.29, 0.717) is 0 Å². The Bertz CT molecular complexity index is 1110. The number of H-pyrrole nitrogens is 1. The van der Waals surface area contributed by atoms with E-state index in [1.165, 1.54) is 25.3 Å². The maximum absolute atomic E-state index is 12.2. The van der Waals surface area contributed by atoms with Crippen molar-refractivity contribution in [3.05, 3.63) is 73.4 Å². The lowest BCUT2D eigenvalue weighted by atomic mass is 10.1. The number of para-hydroxylation sites is 1. The SMILES string of the molecule is Cc1cn([C@@H]2O[C@H](COP(=O)(O)Oc3ccccc3)[C@@H](N=[N+]=[N-])[C@@H]2O)c(=O)[nH]c1=O. The zero-order valence-electron chi connectivity index (χ0n) is 15.6. The topological polar surface area (TPSA) is 189 Å². The number of aliphatic hydroxyl groups is 1. The van der Waals surface area contributed by atoms with Crippen LogP contribution < -0.4 is 15.8 Å². The second-order valence-corrected chi connectivity index (χ2v) is 7.78. The Hall–Kier alpha value is -2.92. The molecule has 5 atom stereocenters. The maximum Gasteiger partial charge on any atom is 0.527 e. The molecule has 0 amide bonds. The Labute approximate surface area is 168 Å². The normalized spacial score (nSPS) is 25.3. The standard InChI is InChI=1S/C16H18N5O8P/c1-9-7-21(16(24)18-14(9)23)15-13(22)12(19-20-17)11(28-15)8-27-30(25,26)29-10-5-3-2-4-6-10/h2-7,11-13,15,22H,8H2,1H3,(H,25,26)(H,18,23,24)/t11-,12-,13+,15-/m1/s1. The summed E-state index contributed by atoms with van der Waals surface area (Å²) in [4.78, 5) is 38.2. The first-order chi connectivity index (χ1) is 14.2. The zero-order chi connectivity index (χ0) is 21.9. The lowest BCUT2D eigenvalue weighted by Gasteiger charge is -2.18. The number of hydrogen-bond acceptors (Lipinski definition) is 8. The molecular weight excluding hydrogens is 421 g/mol. The highest BCUT2D eigenvalue weighted by molar-refractivity contribution is 7.47. The van der Waals surface area contributed by atoms with Crippen molar-refractivity contribution < 1.29 is 28.3 Å². The predicted molar refractivity (Wildman–Crippen MR) is 102 cm³/mol. The minimum Gasteiger partial charge on any atom is -0.404 e. The molecule has 1 aromatic heterocycles. The number of ether oxygens (including phenoxy) is 1. The first kappa shape index (κ1) is 21.8. The average molecular weight is 439 g/mol. The Balaban J connectivity index is 1.78. The van der Waals surface area contributed by atoms with Crippen molar-refractivity contribution in [2.24, 2.45) is 5.11 Å². The quantitative estimate of drug-likeness (QED) is 0.246. The minimum atomic E-state index is -4.56. The van der Waals surface area contributed by atoms with E-state index in [1.807, 2.05) is 0 Å². The number of aromatic nitrogens is 2. The van der Waals surface area contributed by atoms with Crippen molar-refractivity contribution in [1.82, 2.24) is 9.55 Å². The van der Waals surface area contributed by atoms with Gasteiger partial charge in [-0.15, -0.1) is 0 Å². The zero-order valence-corrected chi connectivity index (χ0v) is 16.5. The molecule has 0 bridgehead atoms. The van der Waals surface area contributed by atoms with E-state index in [4.69, 9.17) is 19.3 Å². The fourth-order valence-electron chi connectivity index (χ4n) is 2.88. The van der Waals surface area contributed by atoms with Crippen LogP contribution in [0.3, 0.4) is 0 Å². The molecule has 2 aromatic rings. The van der Waals surface area contributed by atoms with Gasteiger partial charge in [0.15, 0.2) is 6.23 Å². The summed E-state index contributed by atoms with van der Waals surface area (Å²) in [7, 11) is -4.56. The molecule has 0 saturated carbocycles. The number of azide groups is 1. The third-order valence-electron chi connectivity index (χ3n) is 4.31. The summed E-state index contributed by atoms with van der Waals surface area (Å²) >= 11 is 0. The molecule has 0 aliphatic carbocycles. The number of phosphoric acid groups is 1. The van der Waals surface area contributed by atoms with Gasteiger partial charge in [0.2, 0.25) is 0 Å². The van der Waals surface area contributed by atoms with E-state index in [0.717, 1.165) is 4.57 Å². The van der Waals surface area contributed by atoms with Crippen LogP contribution in [-0.2, 0) is 13.8 Å². The molecule has 2 heterocycles. The lowest BCUT2D eigenvalue weighted by molar-refractivity contribution is -0.0524. The van der Waals surface area contributed by atoms with Crippen molar-refractivity contribution in [1.29, 1.82) is 0 Å². The fourth-order valence-corrected chi connectivity index (χ4v) is 3.66. The van der Waals surface area contributed by atoms with Gasteiger partial charge in [-0.3, -0.25) is 23.8 Å². The highest BCUT2D eigenvalue weighted by Gasteiger charge is 2.45. The van der Waals surface area contributed by atoms with Crippen LogP contribution in [0.1, 0.15) is 11.8 Å². The smallest absolute Gasteiger partial charge is 0.404 e. The molecule has 14 heteroatoms. The summed E-state index contributed by atoms with van der Waals surface area (Å²) in [5, 5.41) is 13.9. The number of aromatic amines is 1. The van der Waals surface area contributed by atoms with Gasteiger partial charge in [-0.2, -0.15) is 0 Å². The van der Waals surface area contributed by atoms with E-state index in [2.05, 4.69) is 15.0 Å². The molecule has 13 nitrogen and oxygen atoms in total. The fraction of sp³-hybridized carbons (Fsp3) is 0.375. The molecule has 3 N–H and O–H groups in total. The van der Waals surface area contributed by atoms with Gasteiger partial charge < -0.3 is 14.4 Å². The van der Waals surface area contributed by atoms with Gasteiger partial charge in [-0.05, 0) is 24.6 Å². The Morgan fingerprint density at radius 1 is 1.37 bits per heavy atom. The highest BCUT2D eigenvalue weighted by atomic mass is 31.2. The first-order valence-electron chi connectivity index (χ1n) is 8.63. The third kappa shape index (κ3) is 4.79. The number of nitrogens with one attached hydrogen (secondary N) is 1. The van der Waals surface area contributed by atoms with Gasteiger partial charge in [-0.25, -0.2) is 9.36 Å². The van der Waals surface area contributed by atoms with Crippen LogP contribution in [0.15, 0.2) is 51.2 Å². The molecule has 0 spiro atoms. The first-order valence-corrected chi connectivity index (χ1v) is 10.1. The van der Waals surface area contributed by atoms with E-state index in [-0.39, 0.29) is 11.3 Å². The molecule has 1 aliphatic heterocycles. The second kappa shape index (κ2) is 8.84. The molecule has 1 fully saturated rings. The molecule has 3 rings (SSSR count). The lowest BCUT2D eigenvalue weighted by Crippen LogP contribution is -2.38. The van der Waals surface area contributed by atoms with Crippen molar-refractivity contribution >= 4 is 7.82 Å². The number of hydrogen-bond donors (Lipinski definition) is 3. The van der Waals surface area contributed by atoms with Gasteiger partial charge in [0.1, 0.15) is 11.9 Å². The van der Waals surface area contributed by atoms with Crippen LogP contribution in [0.25, 0.3) is 10.4 Å². The number of phosphoric ester groups is 1. The van der Waals surface area contributed by atoms with Crippen molar-refractivity contribution in [3.8, 4) is 5.75 Å². The number of rotatable bonds is 7. The van der Waals surface area contributed by atoms with Crippen LogP contribution in [0.4, 0.5) is 0 Å². The number of nitrogens with zero attached hydrogens (tertiary/aromatic N) is 4. The number of benzene rings is 1. The summed E-state index contributed by atoms with van der Waals surface area (Å²) < 4.78 is 28.5. The molecule has 1 aliphatic rings. The minimum absolute atomic E-state index is 0.0930. The summed E-state index contributed by atoms with van der Waals surface area (Å²) in [6, 6.07) is 6.54. The van der Waals surface area contributed by atoms with E-state index in [9.17, 15) is 24.2 Å². The molecule has 1 aromatic carbocycles. The molecule has 30 heavy (non-hydrogen) atoms. The van der Waals surface area contributed by atoms with Crippen LogP contribution in [0, 0.1) is 6.92 Å². The highest BCUT2D eigenvalue weighted by Crippen LogP contribution is 2.45. The number of aliphatic hydroxyl groups excluding tert-OH is 1. The van der Waals surface area contributed by atoms with Crippen LogP contribution >= 0.6 is 7.82 Å². The van der Waals surface area contributed by atoms with Gasteiger partial charge in [0, 0.05) is 16.7 Å². The molecule has 1 unspecified atom stereocenters. The maximum atomic E-state index is 12.2. The summed E-state index contributed by atoms with van der Waals surface area (Å²) in [6.45, 7) is 0.861. The molecular formula is C16H18N5O8P. The van der Waals surface area contributed by atoms with E-state index in [1.54, 1.807) is 18.2 Å². The van der Waals surface area contributed by atoms with E-state index >= 15 is 0 Å². The molecule has 1 saturated heterocycles. The second-order valence-electron chi connectivity index (χ2n) is 6.40. The van der Waals surface area contributed by atoms with Gasteiger partial charge in [0.05, 0.1) is 18.8 Å². The van der Waals surface area contributed by atoms with Crippen LogP contribution in [0.5, 0.6) is 5.75 Å². The van der Waals surface area contributed by atoms with Crippen molar-refractivity contribution in [3.63, 3.8) is 0 Å². The van der Waals surface area contributed by atoms with Crippen molar-refractivity contribution in [2.45, 2.75) is 31.4 Å². The summed E-state index contributed by atoms with van der Waals surface area (Å²) in [5.41, 5.74) is 7.51.